The van der Waals surface area contributed by atoms with Crippen molar-refractivity contribution in [3.05, 3.63) is 54.4 Å². The third-order valence-electron chi connectivity index (χ3n) is 7.31. The van der Waals surface area contributed by atoms with Gasteiger partial charge in [0.1, 0.15) is 0 Å². The van der Waals surface area contributed by atoms with Gasteiger partial charge >= 0.3 is 0 Å². The van der Waals surface area contributed by atoms with Crippen LogP contribution in [0.2, 0.25) is 0 Å². The lowest BCUT2D eigenvalue weighted by molar-refractivity contribution is 0.172. The predicted octanol–water partition coefficient (Wildman–Crippen LogP) is 4.34. The topological polar surface area (TPSA) is 27.0 Å². The highest BCUT2D eigenvalue weighted by Gasteiger charge is 2.22. The maximum Gasteiger partial charge on any atom is 0.0886 e. The van der Waals surface area contributed by atoms with Crippen LogP contribution < -0.4 is 4.90 Å². The summed E-state index contributed by atoms with van der Waals surface area (Å²) in [6, 6.07) is 14.4. The molecule has 0 amide bonds. The molecule has 164 valence electrons. The second kappa shape index (κ2) is 8.64. The van der Waals surface area contributed by atoms with E-state index in [9.17, 15) is 0 Å². The van der Waals surface area contributed by atoms with E-state index >= 15 is 0 Å². The number of fused-ring (bicyclic) bond motifs is 1. The van der Waals surface area contributed by atoms with Gasteiger partial charge in [0.15, 0.2) is 0 Å². The Balaban J connectivity index is 1.35. The summed E-state index contributed by atoms with van der Waals surface area (Å²) in [7, 11) is 2.20. The summed E-state index contributed by atoms with van der Waals surface area (Å²) in [5.74, 6) is 0.697. The number of anilines is 1. The first-order chi connectivity index (χ1) is 15.1. The molecule has 31 heavy (non-hydrogen) atoms. The highest BCUT2D eigenvalue weighted by atomic mass is 15.3. The highest BCUT2D eigenvalue weighted by Crippen LogP contribution is 2.32. The number of hydrogen-bond donors (Lipinski definition) is 0. The number of piperidine rings is 1. The van der Waals surface area contributed by atoms with Gasteiger partial charge < -0.3 is 14.7 Å². The lowest BCUT2D eigenvalue weighted by Crippen LogP contribution is -2.44. The van der Waals surface area contributed by atoms with Crippen LogP contribution >= 0.6 is 0 Å². The predicted molar refractivity (Wildman–Crippen MR) is 129 cm³/mol. The second-order valence-corrected chi connectivity index (χ2v) is 9.59. The van der Waals surface area contributed by atoms with Crippen LogP contribution in [0.4, 0.5) is 5.69 Å². The SMILES string of the molecule is CC(C)N1CCC(c2ccc(-c3cc4c(N5CCN(C)CC5)ccnn4c3)cc2)CC1. The Kier molecular flexibility index (Phi) is 5.72. The fourth-order valence-electron chi connectivity index (χ4n) is 5.17. The highest BCUT2D eigenvalue weighted by molar-refractivity contribution is 5.80. The zero-order valence-corrected chi connectivity index (χ0v) is 19.2. The van der Waals surface area contributed by atoms with E-state index in [1.54, 1.807) is 0 Å². The first-order valence-electron chi connectivity index (χ1n) is 11.8. The first-order valence-corrected chi connectivity index (χ1v) is 11.8. The zero-order chi connectivity index (χ0) is 21.4. The molecule has 0 aliphatic carbocycles. The molecule has 0 unspecified atom stereocenters. The van der Waals surface area contributed by atoms with Gasteiger partial charge in [-0.15, -0.1) is 0 Å². The van der Waals surface area contributed by atoms with Gasteiger partial charge in [-0.25, -0.2) is 4.52 Å². The number of nitrogens with zero attached hydrogens (tertiary/aromatic N) is 5. The van der Waals surface area contributed by atoms with Crippen LogP contribution in [-0.4, -0.2) is 71.8 Å². The molecule has 5 heteroatoms. The molecule has 5 nitrogen and oxygen atoms in total. The molecule has 0 radical (unpaired) electrons. The van der Waals surface area contributed by atoms with Gasteiger partial charge in [0.2, 0.25) is 0 Å². The van der Waals surface area contributed by atoms with Crippen LogP contribution in [0.1, 0.15) is 38.2 Å². The molecule has 0 atom stereocenters. The largest absolute Gasteiger partial charge is 0.367 e. The number of likely N-dealkylation sites (tertiary alicyclic amines) is 1. The summed E-state index contributed by atoms with van der Waals surface area (Å²) >= 11 is 0. The van der Waals surface area contributed by atoms with Gasteiger partial charge in [-0.3, -0.25) is 0 Å². The van der Waals surface area contributed by atoms with E-state index in [-0.39, 0.29) is 0 Å². The molecule has 2 fully saturated rings. The molecule has 5 rings (SSSR count). The van der Waals surface area contributed by atoms with E-state index in [1.807, 2.05) is 10.7 Å². The quantitative estimate of drug-likeness (QED) is 0.631. The molecule has 2 aliphatic rings. The first kappa shape index (κ1) is 20.5. The lowest BCUT2D eigenvalue weighted by Gasteiger charge is -2.34. The van der Waals surface area contributed by atoms with Crippen molar-refractivity contribution >= 4 is 11.2 Å². The van der Waals surface area contributed by atoms with Gasteiger partial charge in [0.05, 0.1) is 11.2 Å². The number of benzene rings is 1. The molecule has 2 saturated heterocycles. The van der Waals surface area contributed by atoms with Gasteiger partial charge in [-0.1, -0.05) is 24.3 Å². The Bertz CT molecular complexity index is 1010. The average Bonchev–Trinajstić information content (AvgIpc) is 3.24. The summed E-state index contributed by atoms with van der Waals surface area (Å²) in [5, 5.41) is 4.58. The Hall–Kier alpha value is -2.37. The third kappa shape index (κ3) is 4.21. The Morgan fingerprint density at radius 1 is 0.871 bits per heavy atom. The molecule has 0 N–H and O–H groups in total. The molecule has 0 spiro atoms. The van der Waals surface area contributed by atoms with Crippen LogP contribution in [0.15, 0.2) is 48.8 Å². The molecule has 2 aliphatic heterocycles. The van der Waals surface area contributed by atoms with Crippen molar-refractivity contribution in [3.8, 4) is 11.1 Å². The Morgan fingerprint density at radius 3 is 2.26 bits per heavy atom. The number of aromatic nitrogens is 2. The van der Waals surface area contributed by atoms with E-state index in [1.165, 1.54) is 53.8 Å². The summed E-state index contributed by atoms with van der Waals surface area (Å²) in [6.45, 7) is 11.4. The van der Waals surface area contributed by atoms with Gasteiger partial charge in [-0.05, 0) is 76.0 Å². The van der Waals surface area contributed by atoms with Crippen LogP contribution in [0.25, 0.3) is 16.6 Å². The molecule has 1 aromatic carbocycles. The van der Waals surface area contributed by atoms with E-state index in [4.69, 9.17) is 0 Å². The molecule has 3 aromatic rings. The van der Waals surface area contributed by atoms with Crippen molar-refractivity contribution in [3.63, 3.8) is 0 Å². The molecule has 0 bridgehead atoms. The number of likely N-dealkylation sites (N-methyl/N-ethyl adjacent to an activating group) is 1. The molecular weight excluding hydrogens is 382 g/mol. The standard InChI is InChI=1S/C26H35N5/c1-20(2)29-12-9-23(10-13-29)21-4-6-22(7-5-21)24-18-26-25(8-11-27-31(26)19-24)30-16-14-28(3)15-17-30/h4-8,11,18-20,23H,9-10,12-17H2,1-3H3. The van der Waals surface area contributed by atoms with Crippen molar-refractivity contribution in [1.29, 1.82) is 0 Å². The molecular formula is C26H35N5. The van der Waals surface area contributed by atoms with Crippen LogP contribution in [-0.2, 0) is 0 Å². The molecule has 4 heterocycles. The van der Waals surface area contributed by atoms with Gasteiger partial charge in [0.25, 0.3) is 0 Å². The summed E-state index contributed by atoms with van der Waals surface area (Å²) in [4.78, 5) is 7.49. The van der Waals surface area contributed by atoms with Crippen molar-refractivity contribution in [2.45, 2.75) is 38.6 Å². The normalized spacial score (nSPS) is 19.5. The summed E-state index contributed by atoms with van der Waals surface area (Å²) < 4.78 is 2.04. The average molecular weight is 418 g/mol. The number of piperazine rings is 1. The lowest BCUT2D eigenvalue weighted by atomic mass is 9.88. The van der Waals surface area contributed by atoms with Gasteiger partial charge in [-0.2, -0.15) is 5.10 Å². The Morgan fingerprint density at radius 2 is 1.58 bits per heavy atom. The number of rotatable bonds is 4. The maximum absolute atomic E-state index is 4.58. The molecule has 2 aromatic heterocycles. The second-order valence-electron chi connectivity index (χ2n) is 9.59. The fourth-order valence-corrected chi connectivity index (χ4v) is 5.17. The smallest absolute Gasteiger partial charge is 0.0886 e. The zero-order valence-electron chi connectivity index (χ0n) is 19.2. The molecule has 0 saturated carbocycles. The van der Waals surface area contributed by atoms with E-state index in [2.05, 4.69) is 83.3 Å². The van der Waals surface area contributed by atoms with Crippen molar-refractivity contribution in [1.82, 2.24) is 19.4 Å². The van der Waals surface area contributed by atoms with Crippen LogP contribution in [0.3, 0.4) is 0 Å². The van der Waals surface area contributed by atoms with Crippen molar-refractivity contribution in [2.24, 2.45) is 0 Å². The fraction of sp³-hybridized carbons (Fsp3) is 0.500. The minimum absolute atomic E-state index is 0.664. The number of hydrogen-bond acceptors (Lipinski definition) is 4. The van der Waals surface area contributed by atoms with E-state index < -0.39 is 0 Å². The summed E-state index contributed by atoms with van der Waals surface area (Å²) in [5.41, 5.74) is 6.51. The minimum atomic E-state index is 0.664. The van der Waals surface area contributed by atoms with E-state index in [0.717, 1.165) is 26.2 Å². The van der Waals surface area contributed by atoms with Crippen LogP contribution in [0.5, 0.6) is 0 Å². The van der Waals surface area contributed by atoms with Crippen LogP contribution in [0, 0.1) is 0 Å². The Labute approximate surface area is 186 Å². The van der Waals surface area contributed by atoms with E-state index in [0.29, 0.717) is 12.0 Å². The monoisotopic (exact) mass is 417 g/mol. The van der Waals surface area contributed by atoms with Crippen molar-refractivity contribution < 1.29 is 0 Å². The minimum Gasteiger partial charge on any atom is -0.367 e. The summed E-state index contributed by atoms with van der Waals surface area (Å²) in [6.07, 6.45) is 6.64. The maximum atomic E-state index is 4.58. The third-order valence-corrected chi connectivity index (χ3v) is 7.31. The van der Waals surface area contributed by atoms with Gasteiger partial charge in [0, 0.05) is 50.2 Å². The van der Waals surface area contributed by atoms with Crippen molar-refractivity contribution in [2.75, 3.05) is 51.2 Å².